The highest BCUT2D eigenvalue weighted by molar-refractivity contribution is 5.39. The molecule has 1 atom stereocenters. The van der Waals surface area contributed by atoms with E-state index in [1.807, 2.05) is 29.9 Å². The highest BCUT2D eigenvalue weighted by Gasteiger charge is 2.21. The molecule has 3 aromatic heterocycles. The second kappa shape index (κ2) is 6.40. The molecule has 4 rings (SSSR count). The smallest absolute Gasteiger partial charge is 0.258 e. The summed E-state index contributed by atoms with van der Waals surface area (Å²) >= 11 is 0. The van der Waals surface area contributed by atoms with Gasteiger partial charge in [0.05, 0.1) is 12.2 Å². The van der Waals surface area contributed by atoms with Gasteiger partial charge in [-0.1, -0.05) is 13.0 Å². The molecule has 0 saturated carbocycles. The van der Waals surface area contributed by atoms with E-state index in [4.69, 9.17) is 0 Å². The number of aromatic nitrogens is 5. The third kappa shape index (κ3) is 3.19. The van der Waals surface area contributed by atoms with E-state index in [1.165, 1.54) is 0 Å². The molecule has 0 amide bonds. The van der Waals surface area contributed by atoms with Crippen LogP contribution in [0.2, 0.25) is 0 Å². The van der Waals surface area contributed by atoms with Crippen LogP contribution in [0.3, 0.4) is 0 Å². The number of nitrogens with zero attached hydrogens (tertiary/aromatic N) is 5. The van der Waals surface area contributed by atoms with Gasteiger partial charge < -0.3 is 5.32 Å². The summed E-state index contributed by atoms with van der Waals surface area (Å²) in [6, 6.07) is 5.78. The van der Waals surface area contributed by atoms with E-state index in [1.54, 1.807) is 10.5 Å². The summed E-state index contributed by atoms with van der Waals surface area (Å²) in [4.78, 5) is 21.4. The lowest BCUT2D eigenvalue weighted by Crippen LogP contribution is -2.37. The SMILES string of the molecule is CCc1nc2n(n1)CC(NCc1cc(=O)n3cc(C)ccc3n1)CC2. The third-order valence-electron chi connectivity index (χ3n) is 4.65. The van der Waals surface area contributed by atoms with Crippen molar-refractivity contribution in [3.05, 3.63) is 57.7 Å². The first-order chi connectivity index (χ1) is 12.1. The lowest BCUT2D eigenvalue weighted by Gasteiger charge is -2.23. The molecule has 0 spiro atoms. The van der Waals surface area contributed by atoms with E-state index in [2.05, 4.69) is 27.3 Å². The van der Waals surface area contributed by atoms with Gasteiger partial charge >= 0.3 is 0 Å². The Kier molecular flexibility index (Phi) is 4.09. The van der Waals surface area contributed by atoms with E-state index in [9.17, 15) is 4.79 Å². The van der Waals surface area contributed by atoms with Crippen molar-refractivity contribution < 1.29 is 0 Å². The van der Waals surface area contributed by atoms with Crippen molar-refractivity contribution in [1.82, 2.24) is 29.5 Å². The lowest BCUT2D eigenvalue weighted by molar-refractivity contribution is 0.356. The molecular weight excluding hydrogens is 316 g/mol. The number of fused-ring (bicyclic) bond motifs is 2. The van der Waals surface area contributed by atoms with E-state index < -0.39 is 0 Å². The summed E-state index contributed by atoms with van der Waals surface area (Å²) in [6.45, 7) is 5.43. The summed E-state index contributed by atoms with van der Waals surface area (Å²) in [5, 5.41) is 8.04. The van der Waals surface area contributed by atoms with Crippen LogP contribution in [0.4, 0.5) is 0 Å². The summed E-state index contributed by atoms with van der Waals surface area (Å²) in [6.07, 6.45) is 4.63. The van der Waals surface area contributed by atoms with Crippen molar-refractivity contribution in [2.24, 2.45) is 0 Å². The number of pyridine rings is 1. The average Bonchev–Trinajstić information content (AvgIpc) is 3.03. The van der Waals surface area contributed by atoms with Crippen LogP contribution in [0.25, 0.3) is 5.65 Å². The standard InChI is InChI=1S/C18H22N6O/c1-3-15-21-17-7-5-13(11-24(17)22-15)19-9-14-8-18(25)23-10-12(2)4-6-16(23)20-14/h4,6,8,10,13,19H,3,5,7,9,11H2,1-2H3. The van der Waals surface area contributed by atoms with Crippen LogP contribution < -0.4 is 10.9 Å². The molecule has 0 fully saturated rings. The zero-order chi connectivity index (χ0) is 17.4. The van der Waals surface area contributed by atoms with Crippen LogP contribution in [-0.2, 0) is 25.9 Å². The number of nitrogens with one attached hydrogen (secondary N) is 1. The molecule has 0 bridgehead atoms. The normalized spacial score (nSPS) is 17.0. The van der Waals surface area contributed by atoms with Crippen LogP contribution in [0.5, 0.6) is 0 Å². The van der Waals surface area contributed by atoms with Gasteiger partial charge in [0.2, 0.25) is 0 Å². The second-order valence-corrected chi connectivity index (χ2v) is 6.62. The molecule has 3 aromatic rings. The Bertz CT molecular complexity index is 973. The van der Waals surface area contributed by atoms with Crippen LogP contribution >= 0.6 is 0 Å². The maximum atomic E-state index is 12.3. The van der Waals surface area contributed by atoms with Gasteiger partial charge in [-0.2, -0.15) is 5.10 Å². The van der Waals surface area contributed by atoms with Gasteiger partial charge in [-0.05, 0) is 25.0 Å². The zero-order valence-electron chi connectivity index (χ0n) is 14.6. The molecule has 4 heterocycles. The molecule has 1 aliphatic rings. The monoisotopic (exact) mass is 338 g/mol. The Morgan fingerprint density at radius 3 is 3.04 bits per heavy atom. The average molecular weight is 338 g/mol. The fourth-order valence-corrected chi connectivity index (χ4v) is 3.27. The number of hydrogen-bond acceptors (Lipinski definition) is 5. The molecule has 0 aromatic carbocycles. The largest absolute Gasteiger partial charge is 0.307 e. The van der Waals surface area contributed by atoms with Crippen LogP contribution in [0.15, 0.2) is 29.2 Å². The van der Waals surface area contributed by atoms with Crippen LogP contribution in [0, 0.1) is 6.92 Å². The minimum absolute atomic E-state index is 0.0414. The van der Waals surface area contributed by atoms with Gasteiger partial charge in [-0.25, -0.2) is 14.6 Å². The zero-order valence-corrected chi connectivity index (χ0v) is 14.6. The Balaban J connectivity index is 1.47. The molecule has 1 N–H and O–H groups in total. The summed E-state index contributed by atoms with van der Waals surface area (Å²) in [5.41, 5.74) is 2.46. The molecule has 25 heavy (non-hydrogen) atoms. The Morgan fingerprint density at radius 2 is 2.20 bits per heavy atom. The summed E-state index contributed by atoms with van der Waals surface area (Å²) < 4.78 is 3.60. The fourth-order valence-electron chi connectivity index (χ4n) is 3.27. The first kappa shape index (κ1) is 16.0. The Morgan fingerprint density at radius 1 is 1.32 bits per heavy atom. The molecule has 7 nitrogen and oxygen atoms in total. The minimum Gasteiger partial charge on any atom is -0.307 e. The molecule has 1 unspecified atom stereocenters. The highest BCUT2D eigenvalue weighted by atomic mass is 16.1. The van der Waals surface area contributed by atoms with Gasteiger partial charge in [-0.15, -0.1) is 0 Å². The van der Waals surface area contributed by atoms with Crippen molar-refractivity contribution in [3.8, 4) is 0 Å². The molecule has 0 radical (unpaired) electrons. The van der Waals surface area contributed by atoms with Crippen LogP contribution in [-0.4, -0.2) is 30.2 Å². The molecule has 0 aliphatic carbocycles. The third-order valence-corrected chi connectivity index (χ3v) is 4.65. The van der Waals surface area contributed by atoms with Crippen molar-refractivity contribution in [2.75, 3.05) is 0 Å². The minimum atomic E-state index is -0.0414. The Hall–Kier alpha value is -2.54. The quantitative estimate of drug-likeness (QED) is 0.775. The van der Waals surface area contributed by atoms with Gasteiger partial charge in [0.25, 0.3) is 5.56 Å². The highest BCUT2D eigenvalue weighted by Crippen LogP contribution is 2.14. The van der Waals surface area contributed by atoms with E-state index in [0.29, 0.717) is 18.2 Å². The van der Waals surface area contributed by atoms with Crippen molar-refractivity contribution in [1.29, 1.82) is 0 Å². The summed E-state index contributed by atoms with van der Waals surface area (Å²) in [7, 11) is 0. The van der Waals surface area contributed by atoms with Gasteiger partial charge in [0.15, 0.2) is 5.82 Å². The predicted octanol–water partition coefficient (Wildman–Crippen LogP) is 1.26. The Labute approximate surface area is 145 Å². The summed E-state index contributed by atoms with van der Waals surface area (Å²) in [5.74, 6) is 1.99. The van der Waals surface area contributed by atoms with E-state index in [-0.39, 0.29) is 5.56 Å². The van der Waals surface area contributed by atoms with Crippen molar-refractivity contribution >= 4 is 5.65 Å². The molecule has 130 valence electrons. The second-order valence-electron chi connectivity index (χ2n) is 6.62. The van der Waals surface area contributed by atoms with E-state index in [0.717, 1.165) is 48.7 Å². The van der Waals surface area contributed by atoms with Crippen molar-refractivity contribution in [2.45, 2.75) is 52.2 Å². The van der Waals surface area contributed by atoms with Crippen molar-refractivity contribution in [3.63, 3.8) is 0 Å². The topological polar surface area (TPSA) is 77.1 Å². The van der Waals surface area contributed by atoms with E-state index >= 15 is 0 Å². The maximum Gasteiger partial charge on any atom is 0.258 e. The molecule has 0 saturated heterocycles. The number of rotatable bonds is 4. The molecule has 1 aliphatic heterocycles. The van der Waals surface area contributed by atoms with Gasteiger partial charge in [0.1, 0.15) is 11.5 Å². The predicted molar refractivity (Wildman–Crippen MR) is 94.5 cm³/mol. The number of hydrogen-bond donors (Lipinski definition) is 1. The molecule has 7 heteroatoms. The van der Waals surface area contributed by atoms with Gasteiger partial charge in [0, 0.05) is 37.7 Å². The van der Waals surface area contributed by atoms with Gasteiger partial charge in [-0.3, -0.25) is 9.20 Å². The maximum absolute atomic E-state index is 12.3. The number of aryl methyl sites for hydroxylation is 3. The first-order valence-electron chi connectivity index (χ1n) is 8.77. The molecular formula is C18H22N6O. The van der Waals surface area contributed by atoms with Crippen LogP contribution in [0.1, 0.15) is 36.3 Å². The lowest BCUT2D eigenvalue weighted by atomic mass is 10.1. The fraction of sp³-hybridized carbons (Fsp3) is 0.444. The first-order valence-corrected chi connectivity index (χ1v) is 8.77.